The molecule has 1 heterocycles. The third-order valence-corrected chi connectivity index (χ3v) is 4.02. The van der Waals surface area contributed by atoms with Crippen molar-refractivity contribution in [2.75, 3.05) is 10.6 Å². The lowest BCUT2D eigenvalue weighted by atomic mass is 10.2. The van der Waals surface area contributed by atoms with Crippen LogP contribution in [0, 0.1) is 0 Å². The highest BCUT2D eigenvalue weighted by Crippen LogP contribution is 2.20. The molecule has 4 nitrogen and oxygen atoms in total. The van der Waals surface area contributed by atoms with Gasteiger partial charge in [-0.25, -0.2) is 4.98 Å². The summed E-state index contributed by atoms with van der Waals surface area (Å²) in [7, 11) is 0. The first-order valence-corrected chi connectivity index (χ1v) is 8.21. The number of halogens is 2. The molecule has 116 valence electrons. The van der Waals surface area contributed by atoms with Crippen LogP contribution in [0.2, 0.25) is 5.02 Å². The third kappa shape index (κ3) is 4.43. The normalized spacial score (nSPS) is 10.3. The van der Waals surface area contributed by atoms with Crippen molar-refractivity contribution in [1.29, 1.82) is 0 Å². The van der Waals surface area contributed by atoms with Crippen LogP contribution in [-0.2, 0) is 6.54 Å². The lowest BCUT2D eigenvalue weighted by molar-refractivity contribution is 1.08. The van der Waals surface area contributed by atoms with Gasteiger partial charge in [-0.2, -0.15) is 4.98 Å². The molecule has 0 radical (unpaired) electrons. The highest BCUT2D eigenvalue weighted by atomic mass is 79.9. The van der Waals surface area contributed by atoms with Crippen LogP contribution in [0.4, 0.5) is 17.5 Å². The minimum Gasteiger partial charge on any atom is -0.366 e. The molecular weight excluding hydrogens is 376 g/mol. The van der Waals surface area contributed by atoms with Crippen molar-refractivity contribution in [3.05, 3.63) is 75.9 Å². The average molecular weight is 390 g/mol. The predicted molar refractivity (Wildman–Crippen MR) is 98.2 cm³/mol. The summed E-state index contributed by atoms with van der Waals surface area (Å²) >= 11 is 9.60. The van der Waals surface area contributed by atoms with E-state index >= 15 is 0 Å². The van der Waals surface area contributed by atoms with Crippen LogP contribution in [0.3, 0.4) is 0 Å². The van der Waals surface area contributed by atoms with E-state index in [0.29, 0.717) is 12.5 Å². The van der Waals surface area contributed by atoms with Gasteiger partial charge in [-0.05, 0) is 35.9 Å². The number of hydrogen-bond donors (Lipinski definition) is 2. The molecule has 0 aliphatic rings. The second kappa shape index (κ2) is 7.44. The number of nitrogens with one attached hydrogen (secondary N) is 2. The summed E-state index contributed by atoms with van der Waals surface area (Å²) in [6.45, 7) is 0.604. The zero-order valence-electron chi connectivity index (χ0n) is 12.1. The van der Waals surface area contributed by atoms with Crippen molar-refractivity contribution in [3.63, 3.8) is 0 Å². The number of hydrogen-bond acceptors (Lipinski definition) is 4. The van der Waals surface area contributed by atoms with Crippen LogP contribution in [0.1, 0.15) is 5.56 Å². The zero-order chi connectivity index (χ0) is 16.1. The number of anilines is 3. The molecule has 0 fully saturated rings. The van der Waals surface area contributed by atoms with Gasteiger partial charge in [-0.3, -0.25) is 0 Å². The highest BCUT2D eigenvalue weighted by molar-refractivity contribution is 9.10. The minimum absolute atomic E-state index is 0.534. The monoisotopic (exact) mass is 388 g/mol. The standard InChI is InChI=1S/C17H14BrClN4/c18-13-5-3-6-14(10-13)22-17-20-9-8-16(23-17)21-11-12-4-1-2-7-15(12)19/h1-10H,11H2,(H2,20,21,22,23). The Morgan fingerprint density at radius 3 is 2.74 bits per heavy atom. The molecule has 2 aromatic carbocycles. The van der Waals surface area contributed by atoms with Gasteiger partial charge < -0.3 is 10.6 Å². The summed E-state index contributed by atoms with van der Waals surface area (Å²) in [5, 5.41) is 7.17. The fourth-order valence-electron chi connectivity index (χ4n) is 2.04. The maximum atomic E-state index is 6.15. The van der Waals surface area contributed by atoms with Crippen LogP contribution in [-0.4, -0.2) is 9.97 Å². The van der Waals surface area contributed by atoms with E-state index in [-0.39, 0.29) is 0 Å². The fraction of sp³-hybridized carbons (Fsp3) is 0.0588. The second-order valence-corrected chi connectivity index (χ2v) is 6.17. The molecule has 2 N–H and O–H groups in total. The molecule has 3 rings (SSSR count). The van der Waals surface area contributed by atoms with E-state index in [2.05, 4.69) is 36.5 Å². The van der Waals surface area contributed by atoms with Crippen molar-refractivity contribution in [2.24, 2.45) is 0 Å². The molecule has 0 amide bonds. The van der Waals surface area contributed by atoms with E-state index in [9.17, 15) is 0 Å². The van der Waals surface area contributed by atoms with Crippen LogP contribution in [0.5, 0.6) is 0 Å². The van der Waals surface area contributed by atoms with Gasteiger partial charge in [0.05, 0.1) is 0 Å². The van der Waals surface area contributed by atoms with Gasteiger partial charge in [0.25, 0.3) is 0 Å². The smallest absolute Gasteiger partial charge is 0.229 e. The lowest BCUT2D eigenvalue weighted by Gasteiger charge is -2.09. The Kier molecular flexibility index (Phi) is 5.10. The molecular formula is C17H14BrClN4. The molecule has 0 aliphatic carbocycles. The molecule has 0 atom stereocenters. The first kappa shape index (κ1) is 15.8. The van der Waals surface area contributed by atoms with E-state index < -0.39 is 0 Å². The van der Waals surface area contributed by atoms with Crippen molar-refractivity contribution < 1.29 is 0 Å². The van der Waals surface area contributed by atoms with E-state index in [0.717, 1.165) is 26.6 Å². The van der Waals surface area contributed by atoms with Crippen LogP contribution in [0.15, 0.2) is 65.3 Å². The minimum atomic E-state index is 0.534. The fourth-order valence-corrected chi connectivity index (χ4v) is 2.64. The van der Waals surface area contributed by atoms with E-state index in [1.165, 1.54) is 0 Å². The van der Waals surface area contributed by atoms with Crippen molar-refractivity contribution in [2.45, 2.75) is 6.54 Å². The Labute approximate surface area is 148 Å². The molecule has 1 aromatic heterocycles. The number of rotatable bonds is 5. The highest BCUT2D eigenvalue weighted by Gasteiger charge is 2.02. The molecule has 0 saturated heterocycles. The van der Waals surface area contributed by atoms with Gasteiger partial charge in [0.1, 0.15) is 5.82 Å². The van der Waals surface area contributed by atoms with Crippen LogP contribution in [0.25, 0.3) is 0 Å². The maximum absolute atomic E-state index is 6.15. The van der Waals surface area contributed by atoms with Gasteiger partial charge in [-0.1, -0.05) is 51.8 Å². The van der Waals surface area contributed by atoms with Crippen molar-refractivity contribution >= 4 is 45.0 Å². The topological polar surface area (TPSA) is 49.8 Å². The molecule has 0 aliphatic heterocycles. The zero-order valence-corrected chi connectivity index (χ0v) is 14.5. The Morgan fingerprint density at radius 2 is 1.91 bits per heavy atom. The van der Waals surface area contributed by atoms with Gasteiger partial charge in [0, 0.05) is 27.9 Å². The van der Waals surface area contributed by atoms with Crippen LogP contribution >= 0.6 is 27.5 Å². The molecule has 6 heteroatoms. The Bertz CT molecular complexity index is 810. The number of nitrogens with zero attached hydrogens (tertiary/aromatic N) is 2. The molecule has 0 saturated carbocycles. The van der Waals surface area contributed by atoms with Crippen LogP contribution < -0.4 is 10.6 Å². The molecule has 0 unspecified atom stereocenters. The summed E-state index contributed by atoms with van der Waals surface area (Å²) in [5.74, 6) is 1.27. The predicted octanol–water partition coefficient (Wildman–Crippen LogP) is 5.25. The summed E-state index contributed by atoms with van der Waals surface area (Å²) in [6.07, 6.45) is 1.71. The lowest BCUT2D eigenvalue weighted by Crippen LogP contribution is -2.04. The third-order valence-electron chi connectivity index (χ3n) is 3.15. The maximum Gasteiger partial charge on any atom is 0.229 e. The van der Waals surface area contributed by atoms with Crippen molar-refractivity contribution in [3.8, 4) is 0 Å². The summed E-state index contributed by atoms with van der Waals surface area (Å²) in [4.78, 5) is 8.68. The van der Waals surface area contributed by atoms with Gasteiger partial charge in [-0.15, -0.1) is 0 Å². The molecule has 0 spiro atoms. The Balaban J connectivity index is 1.69. The number of aromatic nitrogens is 2. The molecule has 23 heavy (non-hydrogen) atoms. The van der Waals surface area contributed by atoms with E-state index in [1.54, 1.807) is 6.20 Å². The van der Waals surface area contributed by atoms with E-state index in [1.807, 2.05) is 54.6 Å². The van der Waals surface area contributed by atoms with Crippen molar-refractivity contribution in [1.82, 2.24) is 9.97 Å². The SMILES string of the molecule is Clc1ccccc1CNc1ccnc(Nc2cccc(Br)c2)n1. The average Bonchev–Trinajstić information content (AvgIpc) is 2.54. The quantitative estimate of drug-likeness (QED) is 0.626. The van der Waals surface area contributed by atoms with E-state index in [4.69, 9.17) is 11.6 Å². The number of benzene rings is 2. The first-order valence-electron chi connectivity index (χ1n) is 7.03. The molecule has 3 aromatic rings. The van der Waals surface area contributed by atoms with Gasteiger partial charge >= 0.3 is 0 Å². The Hall–Kier alpha value is -2.11. The first-order chi connectivity index (χ1) is 11.2. The summed E-state index contributed by atoms with van der Waals surface area (Å²) in [5.41, 5.74) is 1.94. The Morgan fingerprint density at radius 1 is 1.04 bits per heavy atom. The largest absolute Gasteiger partial charge is 0.366 e. The molecule has 0 bridgehead atoms. The summed E-state index contributed by atoms with van der Waals surface area (Å²) in [6, 6.07) is 17.4. The van der Waals surface area contributed by atoms with Gasteiger partial charge in [0.2, 0.25) is 5.95 Å². The second-order valence-electron chi connectivity index (χ2n) is 4.85. The van der Waals surface area contributed by atoms with Gasteiger partial charge in [0.15, 0.2) is 0 Å². The summed E-state index contributed by atoms with van der Waals surface area (Å²) < 4.78 is 0.996.